The SMILES string of the molecule is O=C1C(=Cc2cc3c(C(=O)OCc4ccccc4)c4sc(N=c5c(=O)c6ccccc6c5=O)cc4c(C(=O)OCc4ccccc4)c3s2)C(=O)c2ccccc21. The number of esters is 2. The summed E-state index contributed by atoms with van der Waals surface area (Å²) in [6, 6.07) is 34.5. The number of rotatable bonds is 8. The maximum atomic E-state index is 14.3. The van der Waals surface area contributed by atoms with Crippen molar-refractivity contribution in [3.63, 3.8) is 0 Å². The predicted molar refractivity (Wildman–Crippen MR) is 215 cm³/mol. The minimum absolute atomic E-state index is 0.0361. The summed E-state index contributed by atoms with van der Waals surface area (Å²) in [5, 5.41) is 1.05. The smallest absolute Gasteiger partial charge is 0.340 e. The molecular formula is C45H25NO8S2. The number of carbonyl (C=O) groups is 4. The van der Waals surface area contributed by atoms with Crippen LogP contribution in [0.5, 0.6) is 0 Å². The van der Waals surface area contributed by atoms with Crippen molar-refractivity contribution in [2.45, 2.75) is 13.2 Å². The van der Waals surface area contributed by atoms with Crippen LogP contribution in [-0.4, -0.2) is 23.5 Å². The molecule has 0 atom stereocenters. The van der Waals surface area contributed by atoms with Crippen LogP contribution >= 0.6 is 22.7 Å². The van der Waals surface area contributed by atoms with Gasteiger partial charge in [0.2, 0.25) is 10.9 Å². The largest absolute Gasteiger partial charge is 0.457 e. The molecule has 0 bridgehead atoms. The van der Waals surface area contributed by atoms with Crippen molar-refractivity contribution in [1.82, 2.24) is 0 Å². The first-order valence-electron chi connectivity index (χ1n) is 17.4. The van der Waals surface area contributed by atoms with Crippen LogP contribution in [0.2, 0.25) is 0 Å². The molecule has 0 saturated heterocycles. The minimum Gasteiger partial charge on any atom is -0.457 e. The lowest BCUT2D eigenvalue weighted by Crippen LogP contribution is -2.31. The molecular weight excluding hydrogens is 747 g/mol. The zero-order valence-electron chi connectivity index (χ0n) is 29.1. The molecule has 2 aromatic heterocycles. The summed E-state index contributed by atoms with van der Waals surface area (Å²) in [4.78, 5) is 86.8. The van der Waals surface area contributed by atoms with Gasteiger partial charge in [-0.1, -0.05) is 109 Å². The van der Waals surface area contributed by atoms with E-state index in [1.165, 1.54) is 6.08 Å². The van der Waals surface area contributed by atoms with Gasteiger partial charge in [0.15, 0.2) is 16.9 Å². The summed E-state index contributed by atoms with van der Waals surface area (Å²) in [6.07, 6.45) is 1.48. The molecule has 6 aromatic carbocycles. The highest BCUT2D eigenvalue weighted by molar-refractivity contribution is 7.24. The van der Waals surface area contributed by atoms with Gasteiger partial charge in [0, 0.05) is 37.5 Å². The van der Waals surface area contributed by atoms with Gasteiger partial charge in [-0.2, -0.15) is 0 Å². The van der Waals surface area contributed by atoms with E-state index in [0.29, 0.717) is 36.2 Å². The van der Waals surface area contributed by atoms with Crippen LogP contribution in [0.1, 0.15) is 57.4 Å². The van der Waals surface area contributed by atoms with Crippen molar-refractivity contribution < 1.29 is 28.7 Å². The van der Waals surface area contributed by atoms with Crippen molar-refractivity contribution >= 4 is 88.2 Å². The molecule has 9 nitrogen and oxygen atoms in total. The van der Waals surface area contributed by atoms with Gasteiger partial charge < -0.3 is 9.47 Å². The third-order valence-corrected chi connectivity index (χ3v) is 11.7. The Morgan fingerprint density at radius 2 is 1.02 bits per heavy atom. The summed E-state index contributed by atoms with van der Waals surface area (Å²) in [7, 11) is 0. The average molecular weight is 772 g/mol. The van der Waals surface area contributed by atoms with Crippen molar-refractivity contribution in [3.05, 3.63) is 191 Å². The van der Waals surface area contributed by atoms with Gasteiger partial charge in [0.05, 0.1) is 26.1 Å². The number of ketones is 2. The molecule has 0 aliphatic heterocycles. The Morgan fingerprint density at radius 3 is 1.55 bits per heavy atom. The number of nitrogens with zero attached hydrogens (tertiary/aromatic N) is 1. The number of ether oxygens (including phenoxy) is 2. The topological polar surface area (TPSA) is 133 Å². The Hall–Kier alpha value is -6.95. The number of thiophene rings is 2. The van der Waals surface area contributed by atoms with Gasteiger partial charge in [-0.25, -0.2) is 14.6 Å². The van der Waals surface area contributed by atoms with Gasteiger partial charge >= 0.3 is 11.9 Å². The monoisotopic (exact) mass is 771 g/mol. The summed E-state index contributed by atoms with van der Waals surface area (Å²) >= 11 is 2.13. The normalized spacial score (nSPS) is 12.4. The fraction of sp³-hybridized carbons (Fsp3) is 0.0444. The number of Topliss-reactive ketones (excluding diaryl/α,β-unsaturated/α-hetero) is 2. The van der Waals surface area contributed by atoms with Crippen LogP contribution in [0.15, 0.2) is 141 Å². The van der Waals surface area contributed by atoms with Gasteiger partial charge in [-0.3, -0.25) is 19.2 Å². The number of allylic oxidation sites excluding steroid dienone is 1. The Morgan fingerprint density at radius 1 is 0.554 bits per heavy atom. The van der Waals surface area contributed by atoms with Gasteiger partial charge in [-0.05, 0) is 29.3 Å². The molecule has 0 amide bonds. The summed E-state index contributed by atoms with van der Waals surface area (Å²) in [5.74, 6) is -2.24. The third-order valence-electron chi connectivity index (χ3n) is 9.56. The molecule has 0 N–H and O–H groups in total. The second kappa shape index (κ2) is 14.0. The van der Waals surface area contributed by atoms with Crippen LogP contribution in [0.4, 0.5) is 5.00 Å². The molecule has 0 saturated carbocycles. The lowest BCUT2D eigenvalue weighted by atomic mass is 10.0. The molecule has 9 rings (SSSR count). The Labute approximate surface area is 324 Å². The van der Waals surface area contributed by atoms with Crippen LogP contribution in [0, 0.1) is 0 Å². The van der Waals surface area contributed by atoms with Crippen LogP contribution in [-0.2, 0) is 22.7 Å². The molecule has 56 heavy (non-hydrogen) atoms. The van der Waals surface area contributed by atoms with E-state index in [1.54, 1.807) is 60.7 Å². The summed E-state index contributed by atoms with van der Waals surface area (Å²) < 4.78 is 12.4. The average Bonchev–Trinajstić information content (AvgIpc) is 3.96. The quantitative estimate of drug-likeness (QED) is 0.0857. The fourth-order valence-corrected chi connectivity index (χ4v) is 9.14. The summed E-state index contributed by atoms with van der Waals surface area (Å²) in [6.45, 7) is -0.0960. The highest BCUT2D eigenvalue weighted by Crippen LogP contribution is 2.45. The number of hydrogen-bond acceptors (Lipinski definition) is 11. The lowest BCUT2D eigenvalue weighted by molar-refractivity contribution is 0.0465. The molecule has 0 unspecified atom stereocenters. The number of benzene rings is 5. The van der Waals surface area contributed by atoms with Crippen LogP contribution in [0.25, 0.3) is 37.0 Å². The van der Waals surface area contributed by atoms with Crippen molar-refractivity contribution in [3.8, 4) is 0 Å². The zero-order chi connectivity index (χ0) is 38.5. The highest BCUT2D eigenvalue weighted by Gasteiger charge is 2.33. The lowest BCUT2D eigenvalue weighted by Gasteiger charge is -2.11. The maximum absolute atomic E-state index is 14.3. The fourth-order valence-electron chi connectivity index (χ4n) is 6.89. The standard InChI is InChI=1S/C45H25NO8S2/c47-38-27-15-7-8-16-28(27)39(48)33(38)20-26-19-31-35(44(51)53-22-24-11-3-1-4-12-24)43-32(36(42(31)55-26)45(52)54-23-25-13-5-2-6-14-25)21-34(56-43)46-37-40(49)29-17-9-10-18-30(29)41(37)50/h1-21H,22-23H2. The first-order valence-corrected chi connectivity index (χ1v) is 19.0. The van der Waals surface area contributed by atoms with Crippen LogP contribution in [0.3, 0.4) is 0 Å². The number of carbonyl (C=O) groups excluding carboxylic acids is 4. The Balaban J connectivity index is 1.26. The molecule has 8 aromatic rings. The third kappa shape index (κ3) is 5.99. The van der Waals surface area contributed by atoms with E-state index in [-0.39, 0.29) is 51.0 Å². The van der Waals surface area contributed by atoms with Crippen molar-refractivity contribution in [2.75, 3.05) is 0 Å². The first kappa shape index (κ1) is 34.8. The van der Waals surface area contributed by atoms with Gasteiger partial charge in [0.25, 0.3) is 0 Å². The molecule has 1 aliphatic rings. The highest BCUT2D eigenvalue weighted by atomic mass is 32.1. The van der Waals surface area contributed by atoms with E-state index in [4.69, 9.17) is 9.47 Å². The van der Waals surface area contributed by atoms with E-state index in [2.05, 4.69) is 4.99 Å². The van der Waals surface area contributed by atoms with Crippen molar-refractivity contribution in [2.24, 2.45) is 4.99 Å². The number of hydrogen-bond donors (Lipinski definition) is 0. The molecule has 1 aliphatic carbocycles. The Bertz CT molecular complexity index is 2950. The van der Waals surface area contributed by atoms with E-state index in [1.807, 2.05) is 60.7 Å². The van der Waals surface area contributed by atoms with E-state index in [9.17, 15) is 28.8 Å². The van der Waals surface area contributed by atoms with Gasteiger partial charge in [0.1, 0.15) is 18.2 Å². The zero-order valence-corrected chi connectivity index (χ0v) is 30.7. The van der Waals surface area contributed by atoms with E-state index < -0.39 is 34.4 Å². The first-order chi connectivity index (χ1) is 27.3. The number of fused-ring (bicyclic) bond motifs is 4. The predicted octanol–water partition coefficient (Wildman–Crippen LogP) is 8.27. The molecule has 0 fully saturated rings. The van der Waals surface area contributed by atoms with E-state index in [0.717, 1.165) is 33.8 Å². The minimum atomic E-state index is -0.702. The molecule has 2 heterocycles. The maximum Gasteiger partial charge on any atom is 0.340 e. The molecule has 0 spiro atoms. The second-order valence-electron chi connectivity index (χ2n) is 13.0. The van der Waals surface area contributed by atoms with Gasteiger partial charge in [-0.15, -0.1) is 22.7 Å². The molecule has 0 radical (unpaired) electrons. The molecule has 11 heteroatoms. The summed E-state index contributed by atoms with van der Waals surface area (Å²) in [5.41, 5.74) is 1.25. The van der Waals surface area contributed by atoms with Crippen LogP contribution < -0.4 is 16.2 Å². The van der Waals surface area contributed by atoms with Crippen molar-refractivity contribution in [1.29, 1.82) is 0 Å². The van der Waals surface area contributed by atoms with E-state index >= 15 is 0 Å². The Kier molecular flexibility index (Phi) is 8.72. The second-order valence-corrected chi connectivity index (χ2v) is 15.1. The molecule has 270 valence electrons.